The number of hydrogen-bond donors (Lipinski definition) is 1. The van der Waals surface area contributed by atoms with Gasteiger partial charge in [0.2, 0.25) is 0 Å². The second-order valence-electron chi connectivity index (χ2n) is 7.27. The number of aromatic nitrogens is 3. The molecule has 1 amide bonds. The Balaban J connectivity index is 1.51. The highest BCUT2D eigenvalue weighted by molar-refractivity contribution is 5.98. The molecule has 5 rings (SSSR count). The summed E-state index contributed by atoms with van der Waals surface area (Å²) >= 11 is 0. The van der Waals surface area contributed by atoms with E-state index in [2.05, 4.69) is 9.97 Å². The fraction of sp³-hybridized carbons (Fsp3) is 0.190. The lowest BCUT2D eigenvalue weighted by Gasteiger charge is -2.24. The summed E-state index contributed by atoms with van der Waals surface area (Å²) in [6, 6.07) is 7.54. The molecule has 3 heterocycles. The maximum absolute atomic E-state index is 13.2. The molecule has 7 nitrogen and oxygen atoms in total. The standard InChI is InChI=1S/C21H16F3N5O2/c1-28(17-9-31-18-7-12(21(22,23)24)3-4-13(17)18)20(30)11-2-5-14-15(6-11)29-10-26-8-16(29)19(25)27-14/h2-8,10,17H,9H2,1H3,(H2,25,27)/t17-/m1/s1/i10D. The number of nitrogens with two attached hydrogens (primary N) is 1. The van der Waals surface area contributed by atoms with Gasteiger partial charge in [0.15, 0.2) is 0 Å². The maximum Gasteiger partial charge on any atom is 0.416 e. The molecule has 1 atom stereocenters. The van der Waals surface area contributed by atoms with Gasteiger partial charge in [0.25, 0.3) is 5.91 Å². The lowest BCUT2D eigenvalue weighted by atomic mass is 10.0. The summed E-state index contributed by atoms with van der Waals surface area (Å²) in [4.78, 5) is 22.9. The average Bonchev–Trinajstić information content (AvgIpc) is 3.36. The molecule has 0 spiro atoms. The molecule has 10 heteroatoms. The smallest absolute Gasteiger partial charge is 0.416 e. The second kappa shape index (κ2) is 6.59. The van der Waals surface area contributed by atoms with E-state index in [0.29, 0.717) is 27.7 Å². The third kappa shape index (κ3) is 3.02. The van der Waals surface area contributed by atoms with Gasteiger partial charge in [-0.25, -0.2) is 9.97 Å². The van der Waals surface area contributed by atoms with E-state index in [1.807, 2.05) is 0 Å². The molecule has 1 aliphatic rings. The number of anilines is 1. The van der Waals surface area contributed by atoms with Crippen LogP contribution in [0.3, 0.4) is 0 Å². The molecule has 2 aromatic carbocycles. The van der Waals surface area contributed by atoms with E-state index in [1.165, 1.54) is 21.6 Å². The minimum atomic E-state index is -4.48. The zero-order valence-electron chi connectivity index (χ0n) is 17.1. The summed E-state index contributed by atoms with van der Waals surface area (Å²) in [7, 11) is 1.57. The van der Waals surface area contributed by atoms with Gasteiger partial charge in [0, 0.05) is 18.2 Å². The van der Waals surface area contributed by atoms with Crippen molar-refractivity contribution in [3.63, 3.8) is 0 Å². The molecule has 0 saturated carbocycles. The van der Waals surface area contributed by atoms with Crippen molar-refractivity contribution in [3.8, 4) is 5.75 Å². The van der Waals surface area contributed by atoms with Crippen molar-refractivity contribution in [2.75, 3.05) is 19.4 Å². The quantitative estimate of drug-likeness (QED) is 0.526. The van der Waals surface area contributed by atoms with Gasteiger partial charge in [-0.2, -0.15) is 13.2 Å². The van der Waals surface area contributed by atoms with Crippen molar-refractivity contribution in [2.45, 2.75) is 12.2 Å². The number of halogens is 3. The first kappa shape index (κ1) is 18.0. The molecule has 158 valence electrons. The minimum absolute atomic E-state index is 0.0457. The van der Waals surface area contributed by atoms with Gasteiger partial charge in [-0.3, -0.25) is 9.20 Å². The number of nitrogens with zero attached hydrogens (tertiary/aromatic N) is 4. The van der Waals surface area contributed by atoms with Crippen LogP contribution in [0.5, 0.6) is 5.75 Å². The summed E-state index contributed by atoms with van der Waals surface area (Å²) in [6.45, 7) is 0.0488. The van der Waals surface area contributed by atoms with E-state index in [1.54, 1.807) is 25.2 Å². The number of nitrogen functional groups attached to an aromatic ring is 1. The number of imidazole rings is 1. The minimum Gasteiger partial charge on any atom is -0.491 e. The Kier molecular flexibility index (Phi) is 3.83. The summed E-state index contributed by atoms with van der Waals surface area (Å²) in [5, 5.41) is 0. The van der Waals surface area contributed by atoms with Crippen molar-refractivity contribution in [1.82, 2.24) is 19.3 Å². The van der Waals surface area contributed by atoms with Gasteiger partial charge in [-0.05, 0) is 30.3 Å². The molecule has 4 aromatic rings. The Bertz CT molecular complexity index is 1400. The number of amides is 1. The van der Waals surface area contributed by atoms with Crippen molar-refractivity contribution in [2.24, 2.45) is 0 Å². The summed E-state index contributed by atoms with van der Waals surface area (Å²) < 4.78 is 53.9. The predicted molar refractivity (Wildman–Crippen MR) is 107 cm³/mol. The van der Waals surface area contributed by atoms with Crippen LogP contribution < -0.4 is 10.5 Å². The third-order valence-electron chi connectivity index (χ3n) is 5.44. The number of ether oxygens (including phenoxy) is 1. The second-order valence-corrected chi connectivity index (χ2v) is 7.27. The van der Waals surface area contributed by atoms with E-state index in [0.717, 1.165) is 12.1 Å². The number of alkyl halides is 3. The molecular formula is C21H16F3N5O2. The van der Waals surface area contributed by atoms with Crippen molar-refractivity contribution in [1.29, 1.82) is 0 Å². The number of fused-ring (bicyclic) bond motifs is 4. The zero-order valence-corrected chi connectivity index (χ0v) is 16.1. The van der Waals surface area contributed by atoms with Crippen LogP contribution in [0.2, 0.25) is 0 Å². The number of likely N-dealkylation sites (N-methyl/N-ethyl adjacent to an activating group) is 1. The zero-order chi connectivity index (χ0) is 22.8. The van der Waals surface area contributed by atoms with Crippen LogP contribution in [0.4, 0.5) is 19.0 Å². The fourth-order valence-electron chi connectivity index (χ4n) is 3.78. The van der Waals surface area contributed by atoms with Crippen LogP contribution in [0.1, 0.15) is 28.9 Å². The summed E-state index contributed by atoms with van der Waals surface area (Å²) in [5.41, 5.74) is 7.41. The number of benzene rings is 2. The molecule has 0 radical (unpaired) electrons. The molecule has 0 aliphatic carbocycles. The normalized spacial score (nSPS) is 16.3. The lowest BCUT2D eigenvalue weighted by Crippen LogP contribution is -2.32. The van der Waals surface area contributed by atoms with Crippen LogP contribution in [-0.4, -0.2) is 38.8 Å². The first-order valence-corrected chi connectivity index (χ1v) is 9.29. The molecule has 0 saturated heterocycles. The van der Waals surface area contributed by atoms with Crippen molar-refractivity contribution in [3.05, 3.63) is 65.6 Å². The first-order valence-electron chi connectivity index (χ1n) is 9.79. The highest BCUT2D eigenvalue weighted by Crippen LogP contribution is 2.40. The van der Waals surface area contributed by atoms with Gasteiger partial charge in [0.05, 0.1) is 35.1 Å². The molecule has 2 N–H and O–H groups in total. The number of rotatable bonds is 2. The molecule has 31 heavy (non-hydrogen) atoms. The van der Waals surface area contributed by atoms with Gasteiger partial charge < -0.3 is 15.4 Å². The monoisotopic (exact) mass is 428 g/mol. The largest absolute Gasteiger partial charge is 0.491 e. The Morgan fingerprint density at radius 2 is 2.10 bits per heavy atom. The molecule has 1 aliphatic heterocycles. The average molecular weight is 428 g/mol. The van der Waals surface area contributed by atoms with Crippen molar-refractivity contribution < 1.29 is 24.1 Å². The molecule has 0 bridgehead atoms. The van der Waals surface area contributed by atoms with Gasteiger partial charge >= 0.3 is 6.18 Å². The van der Waals surface area contributed by atoms with Gasteiger partial charge in [-0.1, -0.05) is 6.07 Å². The molecule has 0 unspecified atom stereocenters. The van der Waals surface area contributed by atoms with E-state index >= 15 is 0 Å². The van der Waals surface area contributed by atoms with E-state index in [9.17, 15) is 18.0 Å². The van der Waals surface area contributed by atoms with E-state index in [4.69, 9.17) is 11.8 Å². The SMILES string of the molecule is [2H]c1ncc2c(N)nc3ccc(C(=O)N(C)[C@@H]4COc5cc(C(F)(F)F)ccc54)cc3n12. The lowest BCUT2D eigenvalue weighted by molar-refractivity contribution is -0.137. The Hall–Kier alpha value is -3.82. The first-order chi connectivity index (χ1) is 15.1. The third-order valence-corrected chi connectivity index (χ3v) is 5.44. The van der Waals surface area contributed by atoms with Gasteiger partial charge in [0.1, 0.15) is 25.1 Å². The van der Waals surface area contributed by atoms with Crippen molar-refractivity contribution >= 4 is 28.3 Å². The Morgan fingerprint density at radius 1 is 1.29 bits per heavy atom. The summed E-state index contributed by atoms with van der Waals surface area (Å²) in [6.07, 6.45) is -3.08. The molecule has 0 fully saturated rings. The Morgan fingerprint density at radius 3 is 2.87 bits per heavy atom. The van der Waals surface area contributed by atoms with Crippen LogP contribution in [0.15, 0.2) is 48.9 Å². The number of hydrogen-bond acceptors (Lipinski definition) is 5. The van der Waals surface area contributed by atoms with Crippen LogP contribution in [0, 0.1) is 0 Å². The highest BCUT2D eigenvalue weighted by Gasteiger charge is 2.36. The van der Waals surface area contributed by atoms with Crippen LogP contribution in [0.25, 0.3) is 16.6 Å². The fourth-order valence-corrected chi connectivity index (χ4v) is 3.78. The van der Waals surface area contributed by atoms with Crippen LogP contribution in [-0.2, 0) is 6.18 Å². The Labute approximate surface area is 175 Å². The topological polar surface area (TPSA) is 85.8 Å². The van der Waals surface area contributed by atoms with E-state index < -0.39 is 17.8 Å². The maximum atomic E-state index is 13.2. The van der Waals surface area contributed by atoms with Crippen LogP contribution >= 0.6 is 0 Å². The number of carbonyl (C=O) groups excluding carboxylic acids is 1. The predicted octanol–water partition coefficient (Wildman–Crippen LogP) is 3.69. The highest BCUT2D eigenvalue weighted by atomic mass is 19.4. The van der Waals surface area contributed by atoms with Gasteiger partial charge in [-0.15, -0.1) is 0 Å². The molecular weight excluding hydrogens is 411 g/mol. The summed E-state index contributed by atoms with van der Waals surface area (Å²) in [5.74, 6) is -0.0239. The van der Waals surface area contributed by atoms with E-state index in [-0.39, 0.29) is 30.4 Å². The number of carbonyl (C=O) groups is 1. The molecule has 2 aromatic heterocycles.